The quantitative estimate of drug-likeness (QED) is 0.743. The maximum Gasteiger partial charge on any atom is 0.255 e. The molecule has 1 aliphatic heterocycles. The van der Waals surface area contributed by atoms with Gasteiger partial charge in [-0.05, 0) is 31.4 Å². The van der Waals surface area contributed by atoms with Crippen molar-refractivity contribution in [2.24, 2.45) is 0 Å². The van der Waals surface area contributed by atoms with Gasteiger partial charge in [-0.1, -0.05) is 0 Å². The Bertz CT molecular complexity index is 542. The van der Waals surface area contributed by atoms with Crippen LogP contribution in [0.4, 0.5) is 0 Å². The number of carbonyl (C=O) groups excluding carboxylic acids is 1. The second-order valence-corrected chi connectivity index (χ2v) is 4.37. The van der Waals surface area contributed by atoms with Crippen LogP contribution in [-0.2, 0) is 0 Å². The second kappa shape index (κ2) is 4.16. The maximum atomic E-state index is 12.2. The molecular formula is C12H14N4O. The summed E-state index contributed by atoms with van der Waals surface area (Å²) in [6.45, 7) is 1.75. The zero-order valence-electron chi connectivity index (χ0n) is 9.54. The van der Waals surface area contributed by atoms with Crippen LogP contribution < -0.4 is 0 Å². The topological polar surface area (TPSA) is 50.5 Å². The van der Waals surface area contributed by atoms with Crippen molar-refractivity contribution in [1.29, 1.82) is 0 Å². The van der Waals surface area contributed by atoms with Crippen molar-refractivity contribution in [3.63, 3.8) is 0 Å². The van der Waals surface area contributed by atoms with Crippen LogP contribution in [0.2, 0.25) is 0 Å². The van der Waals surface area contributed by atoms with E-state index in [2.05, 4.69) is 10.2 Å². The molecule has 2 aromatic rings. The van der Waals surface area contributed by atoms with E-state index in [4.69, 9.17) is 0 Å². The van der Waals surface area contributed by atoms with Crippen molar-refractivity contribution >= 4 is 11.6 Å². The number of amides is 1. The van der Waals surface area contributed by atoms with Gasteiger partial charge in [-0.2, -0.15) is 0 Å². The number of carbonyl (C=O) groups is 1. The summed E-state index contributed by atoms with van der Waals surface area (Å²) < 4.78 is 1.77. The number of hydrogen-bond donors (Lipinski definition) is 0. The van der Waals surface area contributed by atoms with Gasteiger partial charge in [-0.3, -0.25) is 9.20 Å². The van der Waals surface area contributed by atoms with Gasteiger partial charge in [-0.25, -0.2) is 0 Å². The highest BCUT2D eigenvalue weighted by molar-refractivity contribution is 5.94. The fraction of sp³-hybridized carbons (Fsp3) is 0.417. The fourth-order valence-electron chi connectivity index (χ4n) is 2.23. The Balaban J connectivity index is 1.88. The predicted molar refractivity (Wildman–Crippen MR) is 62.7 cm³/mol. The van der Waals surface area contributed by atoms with Crippen LogP contribution in [0.15, 0.2) is 24.7 Å². The van der Waals surface area contributed by atoms with Gasteiger partial charge in [0, 0.05) is 19.3 Å². The van der Waals surface area contributed by atoms with Crippen LogP contribution in [0.25, 0.3) is 5.65 Å². The molecule has 0 spiro atoms. The Hall–Kier alpha value is -1.91. The van der Waals surface area contributed by atoms with Crippen molar-refractivity contribution in [2.45, 2.75) is 19.3 Å². The molecule has 5 nitrogen and oxygen atoms in total. The summed E-state index contributed by atoms with van der Waals surface area (Å²) >= 11 is 0. The average molecular weight is 230 g/mol. The molecule has 0 N–H and O–H groups in total. The minimum absolute atomic E-state index is 0.111. The zero-order chi connectivity index (χ0) is 11.7. The molecule has 1 saturated heterocycles. The van der Waals surface area contributed by atoms with E-state index in [0.29, 0.717) is 5.56 Å². The summed E-state index contributed by atoms with van der Waals surface area (Å²) in [5.41, 5.74) is 1.47. The van der Waals surface area contributed by atoms with Crippen LogP contribution in [0.5, 0.6) is 0 Å². The normalized spacial score (nSPS) is 16.4. The van der Waals surface area contributed by atoms with E-state index in [1.165, 1.54) is 6.42 Å². The molecule has 0 bridgehead atoms. The van der Waals surface area contributed by atoms with E-state index >= 15 is 0 Å². The van der Waals surface area contributed by atoms with Crippen molar-refractivity contribution in [2.75, 3.05) is 13.1 Å². The van der Waals surface area contributed by atoms with Gasteiger partial charge < -0.3 is 4.90 Å². The molecule has 0 atom stereocenters. The Kier molecular flexibility index (Phi) is 2.51. The third kappa shape index (κ3) is 1.88. The molecule has 0 saturated carbocycles. The number of aromatic nitrogens is 3. The first-order valence-electron chi connectivity index (χ1n) is 5.93. The monoisotopic (exact) mass is 230 g/mol. The van der Waals surface area contributed by atoms with E-state index in [-0.39, 0.29) is 5.91 Å². The highest BCUT2D eigenvalue weighted by Crippen LogP contribution is 2.13. The minimum atomic E-state index is 0.111. The van der Waals surface area contributed by atoms with Gasteiger partial charge in [0.1, 0.15) is 6.33 Å². The van der Waals surface area contributed by atoms with Crippen LogP contribution in [0.3, 0.4) is 0 Å². The number of piperidine rings is 1. The van der Waals surface area contributed by atoms with E-state index in [9.17, 15) is 4.79 Å². The van der Waals surface area contributed by atoms with Crippen LogP contribution in [0.1, 0.15) is 29.6 Å². The Morgan fingerprint density at radius 3 is 2.82 bits per heavy atom. The Morgan fingerprint density at radius 1 is 1.18 bits per heavy atom. The van der Waals surface area contributed by atoms with Crippen LogP contribution >= 0.6 is 0 Å². The molecule has 0 aliphatic carbocycles. The predicted octanol–water partition coefficient (Wildman–Crippen LogP) is 1.36. The minimum Gasteiger partial charge on any atom is -0.339 e. The second-order valence-electron chi connectivity index (χ2n) is 4.37. The lowest BCUT2D eigenvalue weighted by atomic mass is 10.1. The molecule has 0 radical (unpaired) electrons. The highest BCUT2D eigenvalue weighted by Gasteiger charge is 2.18. The smallest absolute Gasteiger partial charge is 0.255 e. The first-order chi connectivity index (χ1) is 8.34. The summed E-state index contributed by atoms with van der Waals surface area (Å²) in [6.07, 6.45) is 6.87. The molecule has 3 heterocycles. The van der Waals surface area contributed by atoms with Gasteiger partial charge in [0.05, 0.1) is 5.56 Å². The summed E-state index contributed by atoms with van der Waals surface area (Å²) in [6, 6.07) is 3.64. The first-order valence-corrected chi connectivity index (χ1v) is 5.93. The zero-order valence-corrected chi connectivity index (χ0v) is 9.54. The number of fused-ring (bicyclic) bond motifs is 1. The number of likely N-dealkylation sites (tertiary alicyclic amines) is 1. The van der Waals surface area contributed by atoms with Crippen LogP contribution in [-0.4, -0.2) is 38.5 Å². The molecule has 0 aromatic carbocycles. The highest BCUT2D eigenvalue weighted by atomic mass is 16.2. The van der Waals surface area contributed by atoms with Gasteiger partial charge in [0.15, 0.2) is 5.65 Å². The molecular weight excluding hydrogens is 216 g/mol. The summed E-state index contributed by atoms with van der Waals surface area (Å²) in [5.74, 6) is 0.111. The maximum absolute atomic E-state index is 12.2. The van der Waals surface area contributed by atoms with Crippen LogP contribution in [0, 0.1) is 0 Å². The molecule has 17 heavy (non-hydrogen) atoms. The third-order valence-electron chi connectivity index (χ3n) is 3.18. The Morgan fingerprint density at radius 2 is 2.00 bits per heavy atom. The molecule has 1 aliphatic rings. The standard InChI is InChI=1S/C12H14N4O/c17-12(15-6-2-1-3-7-15)10-4-5-11-14-13-9-16(11)8-10/h4-5,8-9H,1-3,6-7H2. The largest absolute Gasteiger partial charge is 0.339 e. The van der Waals surface area contributed by atoms with Gasteiger partial charge >= 0.3 is 0 Å². The first kappa shape index (κ1) is 10.3. The number of nitrogens with zero attached hydrogens (tertiary/aromatic N) is 4. The number of pyridine rings is 1. The van der Waals surface area contributed by atoms with E-state index in [0.717, 1.165) is 31.6 Å². The van der Waals surface area contributed by atoms with E-state index in [1.807, 2.05) is 17.0 Å². The number of hydrogen-bond acceptors (Lipinski definition) is 3. The van der Waals surface area contributed by atoms with Gasteiger partial charge in [0.25, 0.3) is 5.91 Å². The molecule has 0 unspecified atom stereocenters. The molecule has 2 aromatic heterocycles. The van der Waals surface area contributed by atoms with Gasteiger partial charge in [-0.15, -0.1) is 10.2 Å². The average Bonchev–Trinajstić information content (AvgIpc) is 2.86. The molecule has 1 fully saturated rings. The fourth-order valence-corrected chi connectivity index (χ4v) is 2.23. The summed E-state index contributed by atoms with van der Waals surface area (Å²) in [7, 11) is 0. The molecule has 3 rings (SSSR count). The number of rotatable bonds is 1. The van der Waals surface area contributed by atoms with Gasteiger partial charge in [0.2, 0.25) is 0 Å². The lowest BCUT2D eigenvalue weighted by molar-refractivity contribution is 0.0724. The molecule has 88 valence electrons. The molecule has 5 heteroatoms. The Labute approximate surface area is 99.1 Å². The summed E-state index contributed by atoms with van der Waals surface area (Å²) in [5, 5.41) is 7.72. The lowest BCUT2D eigenvalue weighted by Crippen LogP contribution is -2.35. The molecule has 1 amide bonds. The SMILES string of the molecule is O=C(c1ccc2nncn2c1)N1CCCCC1. The van der Waals surface area contributed by atoms with Crippen molar-refractivity contribution in [1.82, 2.24) is 19.5 Å². The summed E-state index contributed by atoms with van der Waals surface area (Å²) in [4.78, 5) is 14.2. The van der Waals surface area contributed by atoms with E-state index in [1.54, 1.807) is 16.9 Å². The lowest BCUT2D eigenvalue weighted by Gasteiger charge is -2.26. The third-order valence-corrected chi connectivity index (χ3v) is 3.18. The van der Waals surface area contributed by atoms with Crippen molar-refractivity contribution in [3.8, 4) is 0 Å². The van der Waals surface area contributed by atoms with Crippen molar-refractivity contribution < 1.29 is 4.79 Å². The van der Waals surface area contributed by atoms with Crippen molar-refractivity contribution in [3.05, 3.63) is 30.2 Å². The van der Waals surface area contributed by atoms with E-state index < -0.39 is 0 Å².